The Morgan fingerprint density at radius 2 is 1.58 bits per heavy atom. The van der Waals surface area contributed by atoms with Crippen molar-refractivity contribution in [1.82, 2.24) is 21.0 Å². The van der Waals surface area contributed by atoms with Crippen molar-refractivity contribution in [1.29, 1.82) is 0 Å². The number of anilines is 2. The largest absolute Gasteiger partial charge is 0.343 e. The van der Waals surface area contributed by atoms with E-state index >= 15 is 0 Å². The van der Waals surface area contributed by atoms with Gasteiger partial charge in [0, 0.05) is 11.3 Å². The standard InChI is InChI=1S/C20H16F2N6O5/c21-12-2-1-3-13(22)16(12)19(31)26-14-8-24-27-17(14)20(32)25-11-6-4-10(5-7-11)18(30)23-9-15(29)28-33/h1-8,33H,9H2,(H,23,30)(H,24,27)(H,25,32)(H,26,31)(H,28,29). The molecule has 6 N–H and O–H groups in total. The minimum absolute atomic E-state index is 0.113. The number of hydroxylamine groups is 1. The smallest absolute Gasteiger partial charge is 0.275 e. The minimum atomic E-state index is -1.11. The molecule has 0 unspecified atom stereocenters. The van der Waals surface area contributed by atoms with Crippen LogP contribution in [0.25, 0.3) is 0 Å². The number of H-pyrrole nitrogens is 1. The zero-order valence-corrected chi connectivity index (χ0v) is 16.6. The van der Waals surface area contributed by atoms with Crippen molar-refractivity contribution in [2.75, 3.05) is 17.2 Å². The summed E-state index contributed by atoms with van der Waals surface area (Å²) < 4.78 is 27.6. The van der Waals surface area contributed by atoms with Crippen LogP contribution in [0.4, 0.5) is 20.2 Å². The number of amides is 4. The van der Waals surface area contributed by atoms with Gasteiger partial charge in [0.15, 0.2) is 0 Å². The molecule has 3 aromatic rings. The van der Waals surface area contributed by atoms with E-state index in [-0.39, 0.29) is 22.6 Å². The summed E-state index contributed by atoms with van der Waals surface area (Å²) in [6.45, 7) is -0.432. The van der Waals surface area contributed by atoms with E-state index in [9.17, 15) is 28.0 Å². The molecule has 0 aliphatic rings. The van der Waals surface area contributed by atoms with Gasteiger partial charge in [-0.3, -0.25) is 29.5 Å². The number of nitrogens with one attached hydrogen (secondary N) is 5. The fourth-order valence-corrected chi connectivity index (χ4v) is 2.65. The number of hydrogen-bond donors (Lipinski definition) is 6. The van der Waals surface area contributed by atoms with E-state index in [4.69, 9.17) is 5.21 Å². The van der Waals surface area contributed by atoms with Crippen LogP contribution >= 0.6 is 0 Å². The van der Waals surface area contributed by atoms with Crippen molar-refractivity contribution >= 4 is 35.0 Å². The summed E-state index contributed by atoms with van der Waals surface area (Å²) in [5, 5.41) is 21.5. The van der Waals surface area contributed by atoms with Crippen molar-refractivity contribution in [2.24, 2.45) is 0 Å². The fourth-order valence-electron chi connectivity index (χ4n) is 2.65. The molecule has 33 heavy (non-hydrogen) atoms. The van der Waals surface area contributed by atoms with Gasteiger partial charge in [0.25, 0.3) is 23.6 Å². The molecule has 0 atom stereocenters. The van der Waals surface area contributed by atoms with Crippen molar-refractivity contribution in [3.8, 4) is 0 Å². The monoisotopic (exact) mass is 458 g/mol. The normalized spacial score (nSPS) is 10.3. The Bertz CT molecular complexity index is 1190. The summed E-state index contributed by atoms with van der Waals surface area (Å²) in [7, 11) is 0. The van der Waals surface area contributed by atoms with Crippen LogP contribution in [-0.2, 0) is 4.79 Å². The highest BCUT2D eigenvalue weighted by molar-refractivity contribution is 6.11. The molecule has 0 radical (unpaired) electrons. The molecule has 0 aliphatic carbocycles. The minimum Gasteiger partial charge on any atom is -0.343 e. The molecule has 1 heterocycles. The maximum atomic E-state index is 13.8. The van der Waals surface area contributed by atoms with Crippen molar-refractivity contribution < 1.29 is 33.2 Å². The van der Waals surface area contributed by atoms with Gasteiger partial charge in [0.1, 0.15) is 22.9 Å². The van der Waals surface area contributed by atoms with Gasteiger partial charge in [-0.1, -0.05) is 6.07 Å². The van der Waals surface area contributed by atoms with Gasteiger partial charge >= 0.3 is 0 Å². The Morgan fingerprint density at radius 1 is 0.909 bits per heavy atom. The van der Waals surface area contributed by atoms with Crippen LogP contribution in [0, 0.1) is 11.6 Å². The number of carbonyl (C=O) groups is 4. The maximum Gasteiger partial charge on any atom is 0.275 e. The molecule has 0 saturated heterocycles. The molecule has 4 amide bonds. The van der Waals surface area contributed by atoms with E-state index in [1.807, 2.05) is 0 Å². The van der Waals surface area contributed by atoms with Gasteiger partial charge in [-0.15, -0.1) is 0 Å². The Morgan fingerprint density at radius 3 is 2.21 bits per heavy atom. The third-order valence-corrected chi connectivity index (χ3v) is 4.24. The van der Waals surface area contributed by atoms with Crippen molar-refractivity contribution in [3.63, 3.8) is 0 Å². The molecule has 0 aliphatic heterocycles. The molecule has 0 bridgehead atoms. The van der Waals surface area contributed by atoms with Crippen molar-refractivity contribution in [3.05, 3.63) is 77.1 Å². The first-order valence-corrected chi connectivity index (χ1v) is 9.21. The van der Waals surface area contributed by atoms with Gasteiger partial charge in [-0.05, 0) is 36.4 Å². The molecule has 170 valence electrons. The molecule has 3 rings (SSSR count). The first kappa shape index (κ1) is 23.0. The zero-order valence-electron chi connectivity index (χ0n) is 16.6. The highest BCUT2D eigenvalue weighted by Gasteiger charge is 2.21. The molecular formula is C20H16F2N6O5. The quantitative estimate of drug-likeness (QED) is 0.231. The lowest BCUT2D eigenvalue weighted by Gasteiger charge is -2.09. The number of nitrogens with zero attached hydrogens (tertiary/aromatic N) is 1. The van der Waals surface area contributed by atoms with Crippen LogP contribution in [0.1, 0.15) is 31.2 Å². The SMILES string of the molecule is O=C(CNC(=O)c1ccc(NC(=O)c2[nH]ncc2NC(=O)c2c(F)cccc2F)cc1)NO. The Balaban J connectivity index is 1.66. The molecule has 0 fully saturated rings. The lowest BCUT2D eigenvalue weighted by Crippen LogP contribution is -2.35. The van der Waals surface area contributed by atoms with E-state index in [0.717, 1.165) is 24.4 Å². The van der Waals surface area contributed by atoms with Crippen LogP contribution in [0.5, 0.6) is 0 Å². The van der Waals surface area contributed by atoms with Crippen LogP contribution in [-0.4, -0.2) is 45.6 Å². The third-order valence-electron chi connectivity index (χ3n) is 4.24. The lowest BCUT2D eigenvalue weighted by atomic mass is 10.1. The number of halogens is 2. The summed E-state index contributed by atoms with van der Waals surface area (Å²) in [6, 6.07) is 8.51. The topological polar surface area (TPSA) is 165 Å². The predicted octanol–water partition coefficient (Wildman–Crippen LogP) is 1.43. The summed E-state index contributed by atoms with van der Waals surface area (Å²) >= 11 is 0. The Hall–Kier alpha value is -4.65. The Labute approximate surface area is 184 Å². The van der Waals surface area contributed by atoms with Gasteiger partial charge in [-0.25, -0.2) is 14.3 Å². The summed E-state index contributed by atoms with van der Waals surface area (Å²) in [6.07, 6.45) is 1.10. The third kappa shape index (κ3) is 5.54. The number of aromatic amines is 1. The van der Waals surface area contributed by atoms with Crippen LogP contribution in [0.2, 0.25) is 0 Å². The number of benzene rings is 2. The maximum absolute atomic E-state index is 13.8. The van der Waals surface area contributed by atoms with E-state index in [2.05, 4.69) is 26.1 Å². The zero-order chi connectivity index (χ0) is 24.0. The molecule has 2 aromatic carbocycles. The van der Waals surface area contributed by atoms with Crippen LogP contribution in [0.15, 0.2) is 48.7 Å². The molecule has 1 aromatic heterocycles. The number of hydrogen-bond acceptors (Lipinski definition) is 6. The van der Waals surface area contributed by atoms with E-state index in [1.54, 1.807) is 0 Å². The molecule has 0 saturated carbocycles. The highest BCUT2D eigenvalue weighted by Crippen LogP contribution is 2.19. The second-order valence-corrected chi connectivity index (χ2v) is 6.46. The Kier molecular flexibility index (Phi) is 7.05. The van der Waals surface area contributed by atoms with Gasteiger partial charge in [-0.2, -0.15) is 5.10 Å². The van der Waals surface area contributed by atoms with E-state index in [0.29, 0.717) is 0 Å². The van der Waals surface area contributed by atoms with Crippen LogP contribution < -0.4 is 21.4 Å². The second kappa shape index (κ2) is 10.1. The average molecular weight is 458 g/mol. The second-order valence-electron chi connectivity index (χ2n) is 6.46. The highest BCUT2D eigenvalue weighted by atomic mass is 19.1. The van der Waals surface area contributed by atoms with Gasteiger partial charge in [0.05, 0.1) is 18.4 Å². The van der Waals surface area contributed by atoms with E-state index < -0.39 is 47.4 Å². The number of rotatable bonds is 7. The lowest BCUT2D eigenvalue weighted by molar-refractivity contribution is -0.128. The molecule has 0 spiro atoms. The average Bonchev–Trinajstić information content (AvgIpc) is 3.25. The molecule has 11 nitrogen and oxygen atoms in total. The number of carbonyl (C=O) groups excluding carboxylic acids is 4. The van der Waals surface area contributed by atoms with Gasteiger partial charge < -0.3 is 16.0 Å². The number of aromatic nitrogens is 2. The molecular weight excluding hydrogens is 442 g/mol. The first-order chi connectivity index (χ1) is 15.8. The van der Waals surface area contributed by atoms with Crippen molar-refractivity contribution in [2.45, 2.75) is 0 Å². The molecule has 13 heteroatoms. The van der Waals surface area contributed by atoms with Crippen LogP contribution in [0.3, 0.4) is 0 Å². The summed E-state index contributed by atoms with van der Waals surface area (Å²) in [5.74, 6) is -5.35. The summed E-state index contributed by atoms with van der Waals surface area (Å²) in [4.78, 5) is 47.7. The van der Waals surface area contributed by atoms with E-state index in [1.165, 1.54) is 29.7 Å². The summed E-state index contributed by atoms with van der Waals surface area (Å²) in [5.41, 5.74) is 0.724. The fraction of sp³-hybridized carbons (Fsp3) is 0.0500. The first-order valence-electron chi connectivity index (χ1n) is 9.21. The van der Waals surface area contributed by atoms with Gasteiger partial charge in [0.2, 0.25) is 0 Å². The predicted molar refractivity (Wildman–Crippen MR) is 110 cm³/mol.